The average Bonchev–Trinajstić information content (AvgIpc) is 3.07. The minimum Gasteiger partial charge on any atom is -0.339 e. The standard InChI is InChI=1S/C17H24N6OS2/c1-3-22-14(11-25-16-18-8-6-9-19-16)20-21-17(22)26-12-15(24)23-10-5-4-7-13(23)2/h6,8-9,13H,3-5,7,10-12H2,1-2H3/t13-/m1/s1. The Morgan fingerprint density at radius 2 is 2.04 bits per heavy atom. The molecule has 0 radical (unpaired) electrons. The van der Waals surface area contributed by atoms with Gasteiger partial charge in [0.15, 0.2) is 10.3 Å². The van der Waals surface area contributed by atoms with Gasteiger partial charge < -0.3 is 9.47 Å². The van der Waals surface area contributed by atoms with Gasteiger partial charge >= 0.3 is 0 Å². The summed E-state index contributed by atoms with van der Waals surface area (Å²) in [7, 11) is 0. The number of piperidine rings is 1. The van der Waals surface area contributed by atoms with Crippen LogP contribution in [0.2, 0.25) is 0 Å². The van der Waals surface area contributed by atoms with Gasteiger partial charge in [0.1, 0.15) is 5.82 Å². The lowest BCUT2D eigenvalue weighted by atomic mass is 10.0. The van der Waals surface area contributed by atoms with E-state index >= 15 is 0 Å². The summed E-state index contributed by atoms with van der Waals surface area (Å²) < 4.78 is 2.06. The van der Waals surface area contributed by atoms with Crippen LogP contribution < -0.4 is 0 Å². The highest BCUT2D eigenvalue weighted by atomic mass is 32.2. The molecule has 9 heteroatoms. The van der Waals surface area contributed by atoms with Crippen LogP contribution in [0.1, 0.15) is 38.9 Å². The first-order valence-corrected chi connectivity index (χ1v) is 10.9. The second-order valence-electron chi connectivity index (χ2n) is 6.18. The summed E-state index contributed by atoms with van der Waals surface area (Å²) in [5.41, 5.74) is 0. The Bertz CT molecular complexity index is 723. The van der Waals surface area contributed by atoms with Gasteiger partial charge in [-0.15, -0.1) is 10.2 Å². The van der Waals surface area contributed by atoms with Crippen molar-refractivity contribution in [3.8, 4) is 0 Å². The second-order valence-corrected chi connectivity index (χ2v) is 8.07. The lowest BCUT2D eigenvalue weighted by Crippen LogP contribution is -2.43. The van der Waals surface area contributed by atoms with E-state index in [4.69, 9.17) is 0 Å². The molecule has 0 spiro atoms. The highest BCUT2D eigenvalue weighted by molar-refractivity contribution is 7.99. The molecule has 1 saturated heterocycles. The van der Waals surface area contributed by atoms with E-state index in [0.29, 0.717) is 17.5 Å². The Hall–Kier alpha value is -1.61. The Labute approximate surface area is 162 Å². The molecular formula is C17H24N6OS2. The molecule has 140 valence electrons. The van der Waals surface area contributed by atoms with Crippen molar-refractivity contribution in [2.75, 3.05) is 12.3 Å². The fourth-order valence-electron chi connectivity index (χ4n) is 3.02. The number of hydrogen-bond donors (Lipinski definition) is 0. The van der Waals surface area contributed by atoms with Gasteiger partial charge in [-0.2, -0.15) is 0 Å². The third kappa shape index (κ3) is 4.76. The van der Waals surface area contributed by atoms with Gasteiger partial charge in [0.2, 0.25) is 5.91 Å². The summed E-state index contributed by atoms with van der Waals surface area (Å²) in [4.78, 5) is 23.0. The number of carbonyl (C=O) groups is 1. The molecule has 0 aromatic carbocycles. The number of carbonyl (C=O) groups excluding carboxylic acids is 1. The van der Waals surface area contributed by atoms with Gasteiger partial charge in [0.05, 0.1) is 11.5 Å². The van der Waals surface area contributed by atoms with E-state index in [9.17, 15) is 4.79 Å². The van der Waals surface area contributed by atoms with E-state index in [2.05, 4.69) is 38.6 Å². The van der Waals surface area contributed by atoms with Gasteiger partial charge in [-0.25, -0.2) is 9.97 Å². The van der Waals surface area contributed by atoms with E-state index in [1.807, 2.05) is 4.90 Å². The summed E-state index contributed by atoms with van der Waals surface area (Å²) in [6, 6.07) is 2.15. The molecule has 7 nitrogen and oxygen atoms in total. The minimum atomic E-state index is 0.196. The highest BCUT2D eigenvalue weighted by Gasteiger charge is 2.23. The summed E-state index contributed by atoms with van der Waals surface area (Å²) >= 11 is 3.01. The van der Waals surface area contributed by atoms with Crippen LogP contribution in [0, 0.1) is 0 Å². The van der Waals surface area contributed by atoms with Crippen molar-refractivity contribution in [1.29, 1.82) is 0 Å². The summed E-state index contributed by atoms with van der Waals surface area (Å²) in [6.45, 7) is 5.85. The van der Waals surface area contributed by atoms with E-state index < -0.39 is 0 Å². The predicted molar refractivity (Wildman–Crippen MR) is 103 cm³/mol. The third-order valence-corrected chi connectivity index (χ3v) is 6.25. The fraction of sp³-hybridized carbons (Fsp3) is 0.588. The maximum Gasteiger partial charge on any atom is 0.233 e. The van der Waals surface area contributed by atoms with Crippen LogP contribution in [0.25, 0.3) is 0 Å². The normalized spacial score (nSPS) is 17.5. The number of rotatable bonds is 7. The molecule has 3 rings (SSSR count). The van der Waals surface area contributed by atoms with Crippen molar-refractivity contribution in [2.24, 2.45) is 0 Å². The Kier molecular flexibility index (Phi) is 6.90. The van der Waals surface area contributed by atoms with E-state index in [-0.39, 0.29) is 5.91 Å². The van der Waals surface area contributed by atoms with Crippen molar-refractivity contribution < 1.29 is 4.79 Å². The van der Waals surface area contributed by atoms with Gasteiger partial charge in [-0.3, -0.25) is 4.79 Å². The van der Waals surface area contributed by atoms with Crippen LogP contribution in [-0.4, -0.2) is 53.9 Å². The van der Waals surface area contributed by atoms with Crippen molar-refractivity contribution in [1.82, 2.24) is 29.6 Å². The largest absolute Gasteiger partial charge is 0.339 e. The molecule has 2 aromatic heterocycles. The van der Waals surface area contributed by atoms with Crippen LogP contribution in [0.15, 0.2) is 28.8 Å². The third-order valence-electron chi connectivity index (χ3n) is 4.43. The molecule has 1 aliphatic heterocycles. The lowest BCUT2D eigenvalue weighted by molar-refractivity contribution is -0.131. The van der Waals surface area contributed by atoms with E-state index in [0.717, 1.165) is 42.1 Å². The molecule has 1 amide bonds. The lowest BCUT2D eigenvalue weighted by Gasteiger charge is -2.33. The van der Waals surface area contributed by atoms with Gasteiger partial charge in [-0.05, 0) is 39.2 Å². The molecule has 0 bridgehead atoms. The first kappa shape index (κ1) is 19.2. The van der Waals surface area contributed by atoms with Crippen molar-refractivity contribution in [3.05, 3.63) is 24.3 Å². The number of amides is 1. The second kappa shape index (κ2) is 9.36. The molecule has 0 saturated carbocycles. The molecular weight excluding hydrogens is 368 g/mol. The molecule has 2 aromatic rings. The Balaban J connectivity index is 1.58. The first-order chi connectivity index (χ1) is 12.7. The monoisotopic (exact) mass is 392 g/mol. The smallest absolute Gasteiger partial charge is 0.233 e. The number of nitrogens with zero attached hydrogens (tertiary/aromatic N) is 6. The topological polar surface area (TPSA) is 76.8 Å². The number of hydrogen-bond acceptors (Lipinski definition) is 7. The van der Waals surface area contributed by atoms with Crippen LogP contribution in [0.3, 0.4) is 0 Å². The van der Waals surface area contributed by atoms with Crippen LogP contribution >= 0.6 is 23.5 Å². The average molecular weight is 393 g/mol. The molecule has 1 aliphatic rings. The van der Waals surface area contributed by atoms with Gasteiger partial charge in [-0.1, -0.05) is 23.5 Å². The van der Waals surface area contributed by atoms with Crippen LogP contribution in [0.5, 0.6) is 0 Å². The van der Waals surface area contributed by atoms with Crippen molar-refractivity contribution >= 4 is 29.4 Å². The maximum absolute atomic E-state index is 12.5. The van der Waals surface area contributed by atoms with Gasteiger partial charge in [0.25, 0.3) is 0 Å². The molecule has 0 N–H and O–H groups in total. The molecule has 3 heterocycles. The SMILES string of the molecule is CCn1c(CSc2ncccn2)nnc1SCC(=O)N1CCCC[C@H]1C. The zero-order chi connectivity index (χ0) is 18.4. The summed E-state index contributed by atoms with van der Waals surface area (Å²) in [6.07, 6.45) is 6.89. The van der Waals surface area contributed by atoms with Crippen LogP contribution in [0.4, 0.5) is 0 Å². The molecule has 0 aliphatic carbocycles. The zero-order valence-corrected chi connectivity index (χ0v) is 16.8. The van der Waals surface area contributed by atoms with Crippen molar-refractivity contribution in [2.45, 2.75) is 61.8 Å². The Morgan fingerprint density at radius 3 is 2.77 bits per heavy atom. The molecule has 26 heavy (non-hydrogen) atoms. The maximum atomic E-state index is 12.5. The summed E-state index contributed by atoms with van der Waals surface area (Å²) in [5.74, 6) is 2.15. The number of likely N-dealkylation sites (tertiary alicyclic amines) is 1. The quantitative estimate of drug-likeness (QED) is 0.530. The first-order valence-electron chi connectivity index (χ1n) is 8.93. The molecule has 1 fully saturated rings. The molecule has 1 atom stereocenters. The van der Waals surface area contributed by atoms with Gasteiger partial charge in [0, 0.05) is 31.5 Å². The minimum absolute atomic E-state index is 0.196. The number of thioether (sulfide) groups is 2. The van der Waals surface area contributed by atoms with Crippen molar-refractivity contribution in [3.63, 3.8) is 0 Å². The fourth-order valence-corrected chi connectivity index (χ4v) is 4.67. The molecule has 0 unspecified atom stereocenters. The van der Waals surface area contributed by atoms with E-state index in [1.54, 1.807) is 18.5 Å². The predicted octanol–water partition coefficient (Wildman–Crippen LogP) is 2.87. The zero-order valence-electron chi connectivity index (χ0n) is 15.2. The highest BCUT2D eigenvalue weighted by Crippen LogP contribution is 2.24. The number of aromatic nitrogens is 5. The Morgan fingerprint density at radius 1 is 1.23 bits per heavy atom. The summed E-state index contributed by atoms with van der Waals surface area (Å²) in [5, 5.41) is 10.1. The van der Waals surface area contributed by atoms with E-state index in [1.165, 1.54) is 29.9 Å². The van der Waals surface area contributed by atoms with Crippen LogP contribution in [-0.2, 0) is 17.1 Å².